The van der Waals surface area contributed by atoms with E-state index in [1.807, 2.05) is 48.5 Å². The first-order valence-corrected chi connectivity index (χ1v) is 7.14. The fraction of sp³-hybridized carbons (Fsp3) is 0.0625. The molecule has 0 aromatic heterocycles. The van der Waals surface area contributed by atoms with Crippen LogP contribution in [0.1, 0.15) is 5.56 Å². The van der Waals surface area contributed by atoms with Crippen LogP contribution in [0.3, 0.4) is 0 Å². The molecule has 0 aliphatic heterocycles. The fourth-order valence-corrected chi connectivity index (χ4v) is 2.18. The van der Waals surface area contributed by atoms with Crippen molar-refractivity contribution in [1.29, 1.82) is 0 Å². The zero-order valence-corrected chi connectivity index (χ0v) is 13.1. The van der Waals surface area contributed by atoms with Crippen LogP contribution in [-0.4, -0.2) is 13.0 Å². The predicted octanol–water partition coefficient (Wildman–Crippen LogP) is 3.95. The molecule has 4 heteroatoms. The van der Waals surface area contributed by atoms with Gasteiger partial charge < -0.3 is 10.1 Å². The number of rotatable bonds is 4. The molecule has 0 aliphatic carbocycles. The average molecular weight is 379 g/mol. The summed E-state index contributed by atoms with van der Waals surface area (Å²) in [5, 5.41) is 2.84. The summed E-state index contributed by atoms with van der Waals surface area (Å²) in [6.45, 7) is 0. The van der Waals surface area contributed by atoms with E-state index in [2.05, 4.69) is 27.9 Å². The van der Waals surface area contributed by atoms with Gasteiger partial charge in [-0.15, -0.1) is 0 Å². The molecule has 0 atom stereocenters. The Labute approximate surface area is 131 Å². The summed E-state index contributed by atoms with van der Waals surface area (Å²) in [7, 11) is 1.62. The van der Waals surface area contributed by atoms with Gasteiger partial charge in [0.2, 0.25) is 5.91 Å². The van der Waals surface area contributed by atoms with Gasteiger partial charge in [-0.3, -0.25) is 4.79 Å². The van der Waals surface area contributed by atoms with Crippen molar-refractivity contribution in [2.75, 3.05) is 12.4 Å². The van der Waals surface area contributed by atoms with Gasteiger partial charge in [0.25, 0.3) is 0 Å². The van der Waals surface area contributed by atoms with E-state index in [-0.39, 0.29) is 5.91 Å². The third kappa shape index (κ3) is 4.09. The van der Waals surface area contributed by atoms with E-state index in [0.717, 1.165) is 20.6 Å². The lowest BCUT2D eigenvalue weighted by Gasteiger charge is -2.04. The highest BCUT2D eigenvalue weighted by Gasteiger charge is 2.01. The zero-order valence-electron chi connectivity index (χ0n) is 11.0. The van der Waals surface area contributed by atoms with Gasteiger partial charge in [-0.25, -0.2) is 0 Å². The molecule has 0 saturated heterocycles. The highest BCUT2D eigenvalue weighted by molar-refractivity contribution is 14.1. The minimum absolute atomic E-state index is 0.156. The number of anilines is 1. The van der Waals surface area contributed by atoms with E-state index in [1.54, 1.807) is 13.2 Å². The highest BCUT2D eigenvalue weighted by Crippen LogP contribution is 2.17. The molecular formula is C16H14INO2. The number of para-hydroxylation sites is 1. The normalized spacial score (nSPS) is 10.5. The number of methoxy groups -OCH3 is 1. The van der Waals surface area contributed by atoms with Crippen molar-refractivity contribution < 1.29 is 9.53 Å². The first-order valence-electron chi connectivity index (χ1n) is 6.06. The molecule has 0 spiro atoms. The van der Waals surface area contributed by atoms with Crippen LogP contribution in [0.15, 0.2) is 54.6 Å². The number of amides is 1. The Morgan fingerprint density at radius 3 is 2.75 bits per heavy atom. The monoisotopic (exact) mass is 379 g/mol. The summed E-state index contributed by atoms with van der Waals surface area (Å²) in [5.41, 5.74) is 1.73. The van der Waals surface area contributed by atoms with Crippen molar-refractivity contribution in [2.24, 2.45) is 0 Å². The van der Waals surface area contributed by atoms with E-state index in [1.165, 1.54) is 6.08 Å². The third-order valence-electron chi connectivity index (χ3n) is 2.65. The van der Waals surface area contributed by atoms with Gasteiger partial charge >= 0.3 is 0 Å². The van der Waals surface area contributed by atoms with Crippen LogP contribution < -0.4 is 10.1 Å². The lowest BCUT2D eigenvalue weighted by atomic mass is 10.2. The molecule has 3 nitrogen and oxygen atoms in total. The molecule has 1 N–H and O–H groups in total. The number of ether oxygens (including phenoxy) is 1. The second-order valence-electron chi connectivity index (χ2n) is 4.08. The SMILES string of the molecule is COc1cccc(C=CC(=O)Nc2ccccc2I)c1. The quantitative estimate of drug-likeness (QED) is 0.646. The molecule has 0 radical (unpaired) electrons. The third-order valence-corrected chi connectivity index (χ3v) is 3.59. The van der Waals surface area contributed by atoms with Crippen molar-refractivity contribution >= 4 is 40.3 Å². The van der Waals surface area contributed by atoms with Gasteiger partial charge in [-0.1, -0.05) is 24.3 Å². The van der Waals surface area contributed by atoms with Crippen LogP contribution in [0, 0.1) is 3.57 Å². The topological polar surface area (TPSA) is 38.3 Å². The zero-order chi connectivity index (χ0) is 14.4. The minimum Gasteiger partial charge on any atom is -0.497 e. The van der Waals surface area contributed by atoms with Gasteiger partial charge in [-0.2, -0.15) is 0 Å². The highest BCUT2D eigenvalue weighted by atomic mass is 127. The molecule has 102 valence electrons. The summed E-state index contributed by atoms with van der Waals surface area (Å²) >= 11 is 2.19. The number of hydrogen-bond acceptors (Lipinski definition) is 2. The maximum absolute atomic E-state index is 11.9. The second kappa shape index (κ2) is 7.09. The van der Waals surface area contributed by atoms with Gasteiger partial charge in [0, 0.05) is 9.65 Å². The van der Waals surface area contributed by atoms with Gasteiger partial charge in [-0.05, 0) is 58.5 Å². The Morgan fingerprint density at radius 2 is 2.00 bits per heavy atom. The van der Waals surface area contributed by atoms with Crippen LogP contribution in [0.5, 0.6) is 5.75 Å². The summed E-state index contributed by atoms with van der Waals surface area (Å²) < 4.78 is 6.15. The number of carbonyl (C=O) groups is 1. The van der Waals surface area contributed by atoms with Crippen LogP contribution in [0.4, 0.5) is 5.69 Å². The summed E-state index contributed by atoms with van der Waals surface area (Å²) in [6.07, 6.45) is 3.27. The number of carbonyl (C=O) groups excluding carboxylic acids is 1. The molecule has 0 aliphatic rings. The standard InChI is InChI=1S/C16H14INO2/c1-20-13-6-4-5-12(11-13)9-10-16(19)18-15-8-3-2-7-14(15)17/h2-11H,1H3,(H,18,19). The number of nitrogens with one attached hydrogen (secondary N) is 1. The van der Waals surface area contributed by atoms with Gasteiger partial charge in [0.05, 0.1) is 12.8 Å². The number of halogens is 1. The van der Waals surface area contributed by atoms with E-state index in [0.29, 0.717) is 0 Å². The molecule has 0 fully saturated rings. The molecule has 2 aromatic carbocycles. The summed E-state index contributed by atoms with van der Waals surface area (Å²) in [4.78, 5) is 11.9. The van der Waals surface area contributed by atoms with E-state index in [4.69, 9.17) is 4.74 Å². The molecule has 1 amide bonds. The molecule has 0 heterocycles. The Morgan fingerprint density at radius 1 is 1.20 bits per heavy atom. The maximum Gasteiger partial charge on any atom is 0.248 e. The van der Waals surface area contributed by atoms with Crippen molar-refractivity contribution in [1.82, 2.24) is 0 Å². The smallest absolute Gasteiger partial charge is 0.248 e. The van der Waals surface area contributed by atoms with E-state index >= 15 is 0 Å². The largest absolute Gasteiger partial charge is 0.497 e. The average Bonchev–Trinajstić information content (AvgIpc) is 2.48. The fourth-order valence-electron chi connectivity index (χ4n) is 1.65. The molecule has 2 rings (SSSR count). The second-order valence-corrected chi connectivity index (χ2v) is 5.24. The number of hydrogen-bond donors (Lipinski definition) is 1. The minimum atomic E-state index is -0.156. The lowest BCUT2D eigenvalue weighted by Crippen LogP contribution is -2.08. The molecule has 0 bridgehead atoms. The van der Waals surface area contributed by atoms with Crippen LogP contribution in [0.2, 0.25) is 0 Å². The Hall–Kier alpha value is -1.82. The van der Waals surface area contributed by atoms with Crippen LogP contribution in [0.25, 0.3) is 6.08 Å². The van der Waals surface area contributed by atoms with Crippen molar-refractivity contribution in [3.63, 3.8) is 0 Å². The van der Waals surface area contributed by atoms with Crippen molar-refractivity contribution in [2.45, 2.75) is 0 Å². The van der Waals surface area contributed by atoms with E-state index < -0.39 is 0 Å². The van der Waals surface area contributed by atoms with Crippen molar-refractivity contribution in [3.8, 4) is 5.75 Å². The summed E-state index contributed by atoms with van der Waals surface area (Å²) in [6, 6.07) is 15.2. The molecule has 0 saturated carbocycles. The number of benzene rings is 2. The van der Waals surface area contributed by atoms with Crippen molar-refractivity contribution in [3.05, 3.63) is 63.7 Å². The Kier molecular flexibility index (Phi) is 5.17. The Bertz CT molecular complexity index is 638. The van der Waals surface area contributed by atoms with Gasteiger partial charge in [0.1, 0.15) is 5.75 Å². The first kappa shape index (κ1) is 14.6. The van der Waals surface area contributed by atoms with E-state index in [9.17, 15) is 4.79 Å². The van der Waals surface area contributed by atoms with Gasteiger partial charge in [0.15, 0.2) is 0 Å². The maximum atomic E-state index is 11.9. The molecule has 0 unspecified atom stereocenters. The lowest BCUT2D eigenvalue weighted by molar-refractivity contribution is -0.111. The first-order chi connectivity index (χ1) is 9.69. The van der Waals surface area contributed by atoms with Crippen LogP contribution in [-0.2, 0) is 4.79 Å². The molecule has 2 aromatic rings. The van der Waals surface area contributed by atoms with Crippen LogP contribution >= 0.6 is 22.6 Å². The molecule has 20 heavy (non-hydrogen) atoms. The molecular weight excluding hydrogens is 365 g/mol. The predicted molar refractivity (Wildman–Crippen MR) is 89.8 cm³/mol. The Balaban J connectivity index is 2.04. The summed E-state index contributed by atoms with van der Waals surface area (Å²) in [5.74, 6) is 0.613.